The summed E-state index contributed by atoms with van der Waals surface area (Å²) in [7, 11) is 0. The number of hydrogen-bond donors (Lipinski definition) is 2. The van der Waals surface area contributed by atoms with Gasteiger partial charge in [0, 0.05) is 6.04 Å². The summed E-state index contributed by atoms with van der Waals surface area (Å²) in [5, 5.41) is 12.8. The fourth-order valence-corrected chi connectivity index (χ4v) is 3.11. The molecule has 1 fully saturated rings. The lowest BCUT2D eigenvalue weighted by Crippen LogP contribution is -2.24. The smallest absolute Gasteiger partial charge is 0.226 e. The Morgan fingerprint density at radius 3 is 2.86 bits per heavy atom. The number of rotatable bonds is 5. The van der Waals surface area contributed by atoms with Crippen LogP contribution in [0.4, 0.5) is 5.82 Å². The van der Waals surface area contributed by atoms with E-state index in [0.29, 0.717) is 17.5 Å². The number of anilines is 1. The molecule has 7 heteroatoms. The third-order valence-corrected chi connectivity index (χ3v) is 4.34. The predicted molar refractivity (Wildman–Crippen MR) is 82.6 cm³/mol. The molecule has 0 amide bonds. The quantitative estimate of drug-likeness (QED) is 0.831. The van der Waals surface area contributed by atoms with Gasteiger partial charge in [0.05, 0.1) is 19.0 Å². The van der Waals surface area contributed by atoms with Crippen LogP contribution in [0.3, 0.4) is 0 Å². The zero-order valence-corrected chi connectivity index (χ0v) is 12.8. The molecule has 2 N–H and O–H groups in total. The largest absolute Gasteiger partial charge is 0.394 e. The van der Waals surface area contributed by atoms with Gasteiger partial charge in [-0.2, -0.15) is 9.97 Å². The Hall–Kier alpha value is -1.40. The molecule has 114 valence electrons. The molecule has 2 aromatic heterocycles. The first kappa shape index (κ1) is 14.5. The van der Waals surface area contributed by atoms with Crippen LogP contribution in [0, 0.1) is 0 Å². The summed E-state index contributed by atoms with van der Waals surface area (Å²) in [6, 6.07) is 0.403. The summed E-state index contributed by atoms with van der Waals surface area (Å²) in [5.41, 5.74) is 1.50. The van der Waals surface area contributed by atoms with Crippen LogP contribution in [0.1, 0.15) is 45.1 Å². The van der Waals surface area contributed by atoms with E-state index in [1.165, 1.54) is 12.8 Å². The van der Waals surface area contributed by atoms with Crippen LogP contribution >= 0.6 is 11.6 Å². The van der Waals surface area contributed by atoms with Crippen molar-refractivity contribution in [2.45, 2.75) is 51.1 Å². The summed E-state index contributed by atoms with van der Waals surface area (Å²) in [6.45, 7) is 2.07. The molecule has 0 radical (unpaired) electrons. The molecule has 2 aromatic rings. The maximum atomic E-state index is 9.40. The van der Waals surface area contributed by atoms with Crippen LogP contribution in [0.15, 0.2) is 6.33 Å². The fourth-order valence-electron chi connectivity index (χ4n) is 2.95. The molecule has 3 rings (SSSR count). The van der Waals surface area contributed by atoms with Crippen LogP contribution in [0.25, 0.3) is 11.2 Å². The molecule has 6 nitrogen and oxygen atoms in total. The highest BCUT2D eigenvalue weighted by Crippen LogP contribution is 2.34. The third kappa shape index (κ3) is 2.82. The highest BCUT2D eigenvalue weighted by Gasteiger charge is 2.22. The maximum Gasteiger partial charge on any atom is 0.226 e. The van der Waals surface area contributed by atoms with Crippen LogP contribution in [-0.4, -0.2) is 37.3 Å². The lowest BCUT2D eigenvalue weighted by molar-refractivity contribution is 0.271. The summed E-state index contributed by atoms with van der Waals surface area (Å²) in [6.07, 6.45) is 7.44. The summed E-state index contributed by atoms with van der Waals surface area (Å²) in [4.78, 5) is 12.9. The second-order valence-corrected chi connectivity index (χ2v) is 5.87. The van der Waals surface area contributed by atoms with Crippen LogP contribution in [0.2, 0.25) is 5.28 Å². The number of aromatic nitrogens is 4. The number of imidazole rings is 1. The second-order valence-electron chi connectivity index (χ2n) is 5.54. The Morgan fingerprint density at radius 2 is 2.19 bits per heavy atom. The van der Waals surface area contributed by atoms with Crippen molar-refractivity contribution >= 4 is 28.6 Å². The standard InChI is InChI=1S/C14H20ClN5O/c1-2-9(7-21)17-13-11-12(18-14(15)19-13)16-8-20(11)10-5-3-4-6-10/h8-10,21H,2-7H2,1H3,(H,17,18,19). The highest BCUT2D eigenvalue weighted by molar-refractivity contribution is 6.28. The molecule has 0 spiro atoms. The minimum atomic E-state index is -0.0499. The lowest BCUT2D eigenvalue weighted by atomic mass is 10.2. The molecule has 0 saturated heterocycles. The van der Waals surface area contributed by atoms with Gasteiger partial charge in [-0.1, -0.05) is 19.8 Å². The number of fused-ring (bicyclic) bond motifs is 1. The first-order valence-corrected chi connectivity index (χ1v) is 7.88. The average molecular weight is 310 g/mol. The number of aliphatic hydroxyl groups is 1. The van der Waals surface area contributed by atoms with Gasteiger partial charge >= 0.3 is 0 Å². The van der Waals surface area contributed by atoms with E-state index < -0.39 is 0 Å². The van der Waals surface area contributed by atoms with Gasteiger partial charge in [-0.05, 0) is 30.9 Å². The van der Waals surface area contributed by atoms with Gasteiger partial charge in [-0.25, -0.2) is 4.98 Å². The molecule has 1 saturated carbocycles. The van der Waals surface area contributed by atoms with Crippen LogP contribution < -0.4 is 5.32 Å². The van der Waals surface area contributed by atoms with E-state index in [1.807, 2.05) is 13.3 Å². The molecule has 1 atom stereocenters. The van der Waals surface area contributed by atoms with Gasteiger partial charge < -0.3 is 15.0 Å². The summed E-state index contributed by atoms with van der Waals surface area (Å²) in [5.74, 6) is 0.662. The topological polar surface area (TPSA) is 75.9 Å². The maximum absolute atomic E-state index is 9.40. The number of aliphatic hydroxyl groups excluding tert-OH is 1. The molecule has 2 heterocycles. The molecule has 1 aliphatic carbocycles. The third-order valence-electron chi connectivity index (χ3n) is 4.17. The van der Waals surface area contributed by atoms with Gasteiger partial charge in [0.15, 0.2) is 11.5 Å². The van der Waals surface area contributed by atoms with Crippen LogP contribution in [0.5, 0.6) is 0 Å². The predicted octanol–water partition coefficient (Wildman–Crippen LogP) is 2.78. The molecule has 0 aliphatic heterocycles. The number of hydrogen-bond acceptors (Lipinski definition) is 5. The van der Waals surface area contributed by atoms with Gasteiger partial charge in [0.25, 0.3) is 0 Å². The van der Waals surface area contributed by atoms with Crippen molar-refractivity contribution in [3.8, 4) is 0 Å². The monoisotopic (exact) mass is 309 g/mol. The molecule has 0 bridgehead atoms. The van der Waals surface area contributed by atoms with Gasteiger partial charge in [-0.3, -0.25) is 0 Å². The van der Waals surface area contributed by atoms with Crippen molar-refractivity contribution in [2.24, 2.45) is 0 Å². The number of halogens is 1. The van der Waals surface area contributed by atoms with E-state index >= 15 is 0 Å². The van der Waals surface area contributed by atoms with Crippen molar-refractivity contribution in [1.29, 1.82) is 0 Å². The van der Waals surface area contributed by atoms with Gasteiger partial charge in [0.2, 0.25) is 5.28 Å². The SMILES string of the molecule is CCC(CO)Nc1nc(Cl)nc2ncn(C3CCCC3)c12. The average Bonchev–Trinajstić information content (AvgIpc) is 3.12. The molecule has 1 aliphatic rings. The van der Waals surface area contributed by atoms with Gasteiger partial charge in [-0.15, -0.1) is 0 Å². The van der Waals surface area contributed by atoms with Crippen molar-refractivity contribution in [3.63, 3.8) is 0 Å². The van der Waals surface area contributed by atoms with E-state index in [1.54, 1.807) is 0 Å². The first-order valence-electron chi connectivity index (χ1n) is 7.50. The van der Waals surface area contributed by atoms with Crippen LogP contribution in [-0.2, 0) is 0 Å². The van der Waals surface area contributed by atoms with E-state index in [2.05, 4.69) is 24.8 Å². The van der Waals surface area contributed by atoms with Crippen molar-refractivity contribution in [3.05, 3.63) is 11.6 Å². The van der Waals surface area contributed by atoms with Crippen molar-refractivity contribution < 1.29 is 5.11 Å². The summed E-state index contributed by atoms with van der Waals surface area (Å²) < 4.78 is 2.16. The van der Waals surface area contributed by atoms with E-state index in [9.17, 15) is 5.11 Å². The van der Waals surface area contributed by atoms with Gasteiger partial charge in [0.1, 0.15) is 5.52 Å². The lowest BCUT2D eigenvalue weighted by Gasteiger charge is -2.18. The molecule has 1 unspecified atom stereocenters. The van der Waals surface area contributed by atoms with E-state index in [0.717, 1.165) is 24.8 Å². The zero-order valence-electron chi connectivity index (χ0n) is 12.1. The van der Waals surface area contributed by atoms with Crippen molar-refractivity contribution in [2.75, 3.05) is 11.9 Å². The highest BCUT2D eigenvalue weighted by atomic mass is 35.5. The summed E-state index contributed by atoms with van der Waals surface area (Å²) >= 11 is 5.99. The Labute approximate surface area is 128 Å². The first-order chi connectivity index (χ1) is 10.2. The Bertz CT molecular complexity index is 619. The minimum Gasteiger partial charge on any atom is -0.394 e. The van der Waals surface area contributed by atoms with E-state index in [4.69, 9.17) is 11.6 Å². The molecular formula is C14H20ClN5O. The fraction of sp³-hybridized carbons (Fsp3) is 0.643. The Balaban J connectivity index is 2.05. The minimum absolute atomic E-state index is 0.0499. The van der Waals surface area contributed by atoms with Crippen molar-refractivity contribution in [1.82, 2.24) is 19.5 Å². The normalized spacial score (nSPS) is 17.5. The molecule has 0 aromatic carbocycles. The van der Waals surface area contributed by atoms with E-state index in [-0.39, 0.29) is 17.9 Å². The molecular weight excluding hydrogens is 290 g/mol. The zero-order chi connectivity index (χ0) is 14.8. The number of nitrogens with one attached hydrogen (secondary N) is 1. The Kier molecular flexibility index (Phi) is 4.26. The number of nitrogens with zero attached hydrogens (tertiary/aromatic N) is 4. The second kappa shape index (κ2) is 6.15. The molecule has 21 heavy (non-hydrogen) atoms. The Morgan fingerprint density at radius 1 is 1.43 bits per heavy atom.